The van der Waals surface area contributed by atoms with E-state index in [0.717, 1.165) is 16.9 Å². The minimum atomic E-state index is -1.09. The highest BCUT2D eigenvalue weighted by atomic mass is 16.5. The molecule has 36 heavy (non-hydrogen) atoms. The normalized spacial score (nSPS) is 21.9. The van der Waals surface area contributed by atoms with Crippen molar-refractivity contribution in [1.29, 1.82) is 0 Å². The van der Waals surface area contributed by atoms with Crippen molar-refractivity contribution in [1.82, 2.24) is 0 Å². The molecule has 0 spiro atoms. The molecule has 1 aliphatic rings. The van der Waals surface area contributed by atoms with Gasteiger partial charge < -0.3 is 24.5 Å². The van der Waals surface area contributed by atoms with Crippen LogP contribution in [-0.2, 0) is 16.0 Å². The number of hydrogen-bond donors (Lipinski definition) is 3. The van der Waals surface area contributed by atoms with Gasteiger partial charge in [0, 0.05) is 18.8 Å². The van der Waals surface area contributed by atoms with Gasteiger partial charge in [-0.15, -0.1) is 0 Å². The highest BCUT2D eigenvalue weighted by Crippen LogP contribution is 2.41. The van der Waals surface area contributed by atoms with Gasteiger partial charge in [-0.1, -0.05) is 42.5 Å². The van der Waals surface area contributed by atoms with E-state index in [2.05, 4.69) is 0 Å². The molecule has 0 saturated heterocycles. The van der Waals surface area contributed by atoms with E-state index in [0.29, 0.717) is 24.8 Å². The van der Waals surface area contributed by atoms with Gasteiger partial charge >= 0.3 is 11.9 Å². The van der Waals surface area contributed by atoms with Crippen molar-refractivity contribution in [2.24, 2.45) is 11.8 Å². The Morgan fingerprint density at radius 1 is 0.972 bits per heavy atom. The topological polar surface area (TPSA) is 117 Å². The molecule has 7 nitrogen and oxygen atoms in total. The average molecular weight is 491 g/mol. The molecule has 0 bridgehead atoms. The number of furan rings is 1. The first-order valence-electron chi connectivity index (χ1n) is 12.1. The molecule has 0 unspecified atom stereocenters. The third-order valence-corrected chi connectivity index (χ3v) is 6.63. The second-order valence-corrected chi connectivity index (χ2v) is 9.08. The van der Waals surface area contributed by atoms with Crippen molar-refractivity contribution in [3.05, 3.63) is 96.2 Å². The van der Waals surface area contributed by atoms with Gasteiger partial charge in [0.05, 0.1) is 36.0 Å². The molecule has 3 N–H and O–H groups in total. The summed E-state index contributed by atoms with van der Waals surface area (Å²) in [5, 5.41) is 30.8. The van der Waals surface area contributed by atoms with Crippen LogP contribution in [0.1, 0.15) is 41.8 Å². The molecule has 1 saturated carbocycles. The van der Waals surface area contributed by atoms with Crippen LogP contribution in [0.5, 0.6) is 0 Å². The largest absolute Gasteiger partial charge is 0.512 e. The number of esters is 1. The molecule has 3 aromatic rings. The summed E-state index contributed by atoms with van der Waals surface area (Å²) >= 11 is 0. The standard InChI is InChI=1S/C29H30O7/c30-24(11-5-4-9-22-10-6-16-35-22)28-23(17-27(32)33)25(31)18-26(28)36-29(34)21-14-12-20(13-15-21)19-7-2-1-3-8-19/h1-3,6-8,10-16,23,25-26,28,30-31H,4-5,9,17-18H2,(H,32,33)/t23-,25-,26-,28-/m0/s1. The van der Waals surface area contributed by atoms with Crippen LogP contribution in [-0.4, -0.2) is 39.5 Å². The quantitative estimate of drug-likeness (QED) is 0.198. The van der Waals surface area contributed by atoms with E-state index in [9.17, 15) is 24.9 Å². The first-order chi connectivity index (χ1) is 17.4. The lowest BCUT2D eigenvalue weighted by atomic mass is 9.88. The molecule has 0 radical (unpaired) electrons. The maximum Gasteiger partial charge on any atom is 0.338 e. The number of carboxylic acids is 1. The maximum atomic E-state index is 12.9. The highest BCUT2D eigenvalue weighted by Gasteiger charge is 2.47. The van der Waals surface area contributed by atoms with Crippen LogP contribution >= 0.6 is 0 Å². The van der Waals surface area contributed by atoms with Crippen LogP contribution < -0.4 is 0 Å². The number of carbonyl (C=O) groups excluding carboxylic acids is 1. The molecule has 1 heterocycles. The van der Waals surface area contributed by atoms with Crippen molar-refractivity contribution in [3.8, 4) is 11.1 Å². The van der Waals surface area contributed by atoms with E-state index in [-0.39, 0.29) is 18.6 Å². The number of ether oxygens (including phenoxy) is 1. The fourth-order valence-electron chi connectivity index (χ4n) is 4.82. The predicted octanol–water partition coefficient (Wildman–Crippen LogP) is 5.41. The van der Waals surface area contributed by atoms with E-state index in [4.69, 9.17) is 9.15 Å². The Bertz CT molecular complexity index is 1170. The van der Waals surface area contributed by atoms with Crippen molar-refractivity contribution in [2.45, 2.75) is 44.3 Å². The summed E-state index contributed by atoms with van der Waals surface area (Å²) in [6, 6.07) is 20.5. The monoisotopic (exact) mass is 490 g/mol. The van der Waals surface area contributed by atoms with E-state index in [1.165, 1.54) is 0 Å². The minimum absolute atomic E-state index is 0.0563. The number of carbonyl (C=O) groups is 2. The van der Waals surface area contributed by atoms with Crippen molar-refractivity contribution >= 4 is 11.9 Å². The summed E-state index contributed by atoms with van der Waals surface area (Å²) in [6.45, 7) is 0. The van der Waals surface area contributed by atoms with Gasteiger partial charge in [-0.05, 0) is 54.3 Å². The summed E-state index contributed by atoms with van der Waals surface area (Å²) in [7, 11) is 0. The van der Waals surface area contributed by atoms with Crippen LogP contribution in [0.15, 0.2) is 89.2 Å². The molecule has 1 aromatic heterocycles. The number of benzene rings is 2. The smallest absolute Gasteiger partial charge is 0.338 e. The number of allylic oxidation sites excluding steroid dienone is 1. The molecule has 0 amide bonds. The Morgan fingerprint density at radius 2 is 1.69 bits per heavy atom. The van der Waals surface area contributed by atoms with Crippen molar-refractivity contribution in [2.75, 3.05) is 0 Å². The van der Waals surface area contributed by atoms with Crippen molar-refractivity contribution < 1.29 is 34.1 Å². The van der Waals surface area contributed by atoms with Crippen LogP contribution in [0, 0.1) is 11.8 Å². The third kappa shape index (κ3) is 6.23. The molecule has 7 heteroatoms. The Labute approximate surface area is 209 Å². The Hall–Kier alpha value is -3.84. The second kappa shape index (κ2) is 11.7. The molecule has 188 valence electrons. The molecule has 2 aromatic carbocycles. The lowest BCUT2D eigenvalue weighted by Crippen LogP contribution is -2.29. The van der Waals surface area contributed by atoms with Gasteiger partial charge in [0.1, 0.15) is 11.9 Å². The van der Waals surface area contributed by atoms with E-state index in [1.807, 2.05) is 54.6 Å². The van der Waals surface area contributed by atoms with Gasteiger partial charge in [0.15, 0.2) is 0 Å². The zero-order valence-electron chi connectivity index (χ0n) is 19.8. The first kappa shape index (κ1) is 25.3. The number of aryl methyl sites for hydroxylation is 1. The summed E-state index contributed by atoms with van der Waals surface area (Å²) in [5.74, 6) is -2.45. The zero-order chi connectivity index (χ0) is 25.5. The third-order valence-electron chi connectivity index (χ3n) is 6.63. The van der Waals surface area contributed by atoms with Gasteiger partial charge in [0.2, 0.25) is 0 Å². The number of carboxylic acid groups (broad SMARTS) is 1. The number of hydrogen-bond acceptors (Lipinski definition) is 6. The molecular weight excluding hydrogens is 460 g/mol. The van der Waals surface area contributed by atoms with E-state index >= 15 is 0 Å². The second-order valence-electron chi connectivity index (χ2n) is 9.08. The average Bonchev–Trinajstić information content (AvgIpc) is 3.50. The number of rotatable bonds is 10. The summed E-state index contributed by atoms with van der Waals surface area (Å²) in [6.07, 6.45) is 3.03. The molecule has 1 fully saturated rings. The minimum Gasteiger partial charge on any atom is -0.512 e. The van der Waals surface area contributed by atoms with Crippen LogP contribution in [0.2, 0.25) is 0 Å². The van der Waals surface area contributed by atoms with Crippen LogP contribution in [0.25, 0.3) is 11.1 Å². The fourth-order valence-corrected chi connectivity index (χ4v) is 4.82. The van der Waals surface area contributed by atoms with E-state index < -0.39 is 36.0 Å². The fraction of sp³-hybridized carbons (Fsp3) is 0.310. The Balaban J connectivity index is 1.45. The van der Waals surface area contributed by atoms with Gasteiger partial charge in [0.25, 0.3) is 0 Å². The predicted molar refractivity (Wildman–Crippen MR) is 133 cm³/mol. The summed E-state index contributed by atoms with van der Waals surface area (Å²) in [5.41, 5.74) is 2.32. The van der Waals surface area contributed by atoms with Gasteiger partial charge in [-0.3, -0.25) is 4.79 Å². The number of aliphatic hydroxyl groups is 2. The summed E-state index contributed by atoms with van der Waals surface area (Å²) in [4.78, 5) is 24.3. The SMILES string of the molecule is O=C(O)C[C@@H]1[C@@H](C(O)=CCCCc2ccco2)[C@@H](OC(=O)c2ccc(-c3ccccc3)cc2)C[C@@H]1O. The number of aliphatic carboxylic acids is 1. The number of unbranched alkanes of at least 4 members (excludes halogenated alkanes) is 1. The van der Waals surface area contributed by atoms with Crippen molar-refractivity contribution in [3.63, 3.8) is 0 Å². The molecule has 4 rings (SSSR count). The lowest BCUT2D eigenvalue weighted by molar-refractivity contribution is -0.139. The van der Waals surface area contributed by atoms with Crippen LogP contribution in [0.4, 0.5) is 0 Å². The molecule has 4 atom stereocenters. The first-order valence-corrected chi connectivity index (χ1v) is 12.1. The number of aliphatic hydroxyl groups excluding tert-OH is 2. The lowest BCUT2D eigenvalue weighted by Gasteiger charge is -2.24. The molecule has 1 aliphatic carbocycles. The summed E-state index contributed by atoms with van der Waals surface area (Å²) < 4.78 is 11.0. The molecular formula is C29H30O7. The van der Waals surface area contributed by atoms with Crippen LogP contribution in [0.3, 0.4) is 0 Å². The molecule has 0 aliphatic heterocycles. The maximum absolute atomic E-state index is 12.9. The Kier molecular flexibility index (Phi) is 8.23. The zero-order valence-corrected chi connectivity index (χ0v) is 19.8. The Morgan fingerprint density at radius 3 is 2.36 bits per heavy atom. The van der Waals surface area contributed by atoms with Gasteiger partial charge in [-0.2, -0.15) is 0 Å². The highest BCUT2D eigenvalue weighted by molar-refractivity contribution is 5.90. The van der Waals surface area contributed by atoms with Gasteiger partial charge in [-0.25, -0.2) is 4.79 Å². The van der Waals surface area contributed by atoms with E-state index in [1.54, 1.807) is 24.5 Å².